The number of carbonyl (C=O) groups is 2. The molecule has 1 amide bonds. The van der Waals surface area contributed by atoms with Gasteiger partial charge in [-0.15, -0.1) is 0 Å². The number of carboxylic acid groups (broad SMARTS) is 1. The lowest BCUT2D eigenvalue weighted by atomic mass is 10.0. The number of carboxylic acids is 1. The molecule has 0 heterocycles. The van der Waals surface area contributed by atoms with E-state index < -0.39 is 17.9 Å². The first-order chi connectivity index (χ1) is 7.84. The lowest BCUT2D eigenvalue weighted by Crippen LogP contribution is -2.23. The molecule has 1 rings (SSSR count). The van der Waals surface area contributed by atoms with Gasteiger partial charge in [-0.2, -0.15) is 0 Å². The molecular formula is C10H11BrN2O4. The molecule has 0 aromatic heterocycles. The van der Waals surface area contributed by atoms with Crippen molar-refractivity contribution in [3.05, 3.63) is 22.2 Å². The first-order valence-electron chi connectivity index (χ1n) is 4.62. The average Bonchev–Trinajstić information content (AvgIpc) is 2.22. The first-order valence-corrected chi connectivity index (χ1v) is 5.41. The van der Waals surface area contributed by atoms with Crippen molar-refractivity contribution in [1.29, 1.82) is 0 Å². The molecular weight excluding hydrogens is 292 g/mol. The largest absolute Gasteiger partial charge is 0.506 e. The van der Waals surface area contributed by atoms with E-state index in [2.05, 4.69) is 21.2 Å². The van der Waals surface area contributed by atoms with Crippen LogP contribution in [0.4, 0.5) is 5.69 Å². The summed E-state index contributed by atoms with van der Waals surface area (Å²) in [6, 6.07) is 1.44. The number of nitrogens with one attached hydrogen (secondary N) is 1. The third-order valence-corrected chi connectivity index (χ3v) is 2.74. The molecule has 0 aliphatic carbocycles. The monoisotopic (exact) mass is 302 g/mol. The van der Waals surface area contributed by atoms with Crippen molar-refractivity contribution < 1.29 is 19.8 Å². The Kier molecular flexibility index (Phi) is 4.08. The van der Waals surface area contributed by atoms with Gasteiger partial charge < -0.3 is 21.3 Å². The maximum atomic E-state index is 11.0. The lowest BCUT2D eigenvalue weighted by Gasteiger charge is -2.16. The van der Waals surface area contributed by atoms with Crippen LogP contribution in [0.15, 0.2) is 16.6 Å². The van der Waals surface area contributed by atoms with E-state index in [0.717, 1.165) is 0 Å². The number of anilines is 1. The summed E-state index contributed by atoms with van der Waals surface area (Å²) < 4.78 is 0.397. The average molecular weight is 303 g/mol. The number of rotatable bonds is 3. The van der Waals surface area contributed by atoms with Gasteiger partial charge in [-0.1, -0.05) is 15.9 Å². The second-order valence-electron chi connectivity index (χ2n) is 3.35. The standard InChI is InChI=1S/C10H11BrN2O4/c1-4(14)13-9-6(15)3-2-5(11)7(9)8(12)10(16)17/h2-3,8,15H,12H2,1H3,(H,13,14)(H,16,17). The van der Waals surface area contributed by atoms with Crippen LogP contribution in [0.1, 0.15) is 18.5 Å². The minimum atomic E-state index is -1.35. The van der Waals surface area contributed by atoms with Gasteiger partial charge in [0, 0.05) is 17.0 Å². The summed E-state index contributed by atoms with van der Waals surface area (Å²) in [5.41, 5.74) is 5.61. The number of carbonyl (C=O) groups excluding carboxylic acids is 1. The SMILES string of the molecule is CC(=O)Nc1c(O)ccc(Br)c1C(N)C(=O)O. The third-order valence-electron chi connectivity index (χ3n) is 2.05. The Balaban J connectivity index is 3.38. The van der Waals surface area contributed by atoms with Crippen molar-refractivity contribution in [3.63, 3.8) is 0 Å². The molecule has 1 atom stereocenters. The van der Waals surface area contributed by atoms with E-state index in [1.165, 1.54) is 19.1 Å². The van der Waals surface area contributed by atoms with Gasteiger partial charge in [0.15, 0.2) is 0 Å². The van der Waals surface area contributed by atoms with E-state index in [4.69, 9.17) is 10.8 Å². The molecule has 0 bridgehead atoms. The second kappa shape index (κ2) is 5.15. The number of phenolic OH excluding ortho intramolecular Hbond substituents is 1. The molecule has 0 saturated heterocycles. The Labute approximate surface area is 106 Å². The summed E-state index contributed by atoms with van der Waals surface area (Å²) in [6.45, 7) is 1.25. The number of aromatic hydroxyl groups is 1. The summed E-state index contributed by atoms with van der Waals surface area (Å²) in [5.74, 6) is -1.93. The normalized spacial score (nSPS) is 11.9. The number of halogens is 1. The van der Waals surface area contributed by atoms with E-state index in [-0.39, 0.29) is 17.0 Å². The zero-order valence-electron chi connectivity index (χ0n) is 8.90. The van der Waals surface area contributed by atoms with Gasteiger partial charge in [-0.25, -0.2) is 0 Å². The zero-order valence-corrected chi connectivity index (χ0v) is 10.5. The Morgan fingerprint density at radius 3 is 2.53 bits per heavy atom. The molecule has 0 aliphatic heterocycles. The van der Waals surface area contributed by atoms with Crippen molar-refractivity contribution in [2.24, 2.45) is 5.73 Å². The molecule has 0 spiro atoms. The van der Waals surface area contributed by atoms with Crippen molar-refractivity contribution in [2.45, 2.75) is 13.0 Å². The molecule has 0 radical (unpaired) electrons. The Morgan fingerprint density at radius 2 is 2.06 bits per heavy atom. The highest BCUT2D eigenvalue weighted by Crippen LogP contribution is 2.36. The number of amides is 1. The van der Waals surface area contributed by atoms with Crippen LogP contribution in [0.5, 0.6) is 5.75 Å². The highest BCUT2D eigenvalue weighted by atomic mass is 79.9. The van der Waals surface area contributed by atoms with Crippen LogP contribution < -0.4 is 11.1 Å². The topological polar surface area (TPSA) is 113 Å². The number of aliphatic carboxylic acids is 1. The van der Waals surface area contributed by atoms with Crippen LogP contribution in [-0.2, 0) is 9.59 Å². The first kappa shape index (κ1) is 13.5. The summed E-state index contributed by atoms with van der Waals surface area (Å²) in [4.78, 5) is 21.9. The molecule has 1 unspecified atom stereocenters. The maximum absolute atomic E-state index is 11.0. The Morgan fingerprint density at radius 1 is 1.47 bits per heavy atom. The van der Waals surface area contributed by atoms with Gasteiger partial charge in [0.1, 0.15) is 11.8 Å². The van der Waals surface area contributed by atoms with Gasteiger partial charge in [-0.3, -0.25) is 9.59 Å². The fourth-order valence-electron chi connectivity index (χ4n) is 1.32. The van der Waals surface area contributed by atoms with Crippen LogP contribution in [0.25, 0.3) is 0 Å². The summed E-state index contributed by atoms with van der Waals surface area (Å²) in [6.07, 6.45) is 0. The minimum absolute atomic E-state index is 0.00164. The molecule has 1 aromatic carbocycles. The predicted octanol–water partition coefficient (Wildman–Crippen LogP) is 1.20. The Bertz CT molecular complexity index is 476. The fourth-order valence-corrected chi connectivity index (χ4v) is 1.89. The summed E-state index contributed by atoms with van der Waals surface area (Å²) in [5, 5.41) is 20.8. The number of benzene rings is 1. The number of hydrogen-bond donors (Lipinski definition) is 4. The molecule has 1 aromatic rings. The quantitative estimate of drug-likeness (QED) is 0.627. The zero-order chi connectivity index (χ0) is 13.2. The molecule has 92 valence electrons. The number of phenols is 1. The fraction of sp³-hybridized carbons (Fsp3) is 0.200. The van der Waals surface area contributed by atoms with Gasteiger partial charge >= 0.3 is 5.97 Å². The predicted molar refractivity (Wildman–Crippen MR) is 64.7 cm³/mol. The molecule has 0 aliphatic rings. The smallest absolute Gasteiger partial charge is 0.325 e. The molecule has 7 heteroatoms. The van der Waals surface area contributed by atoms with Crippen LogP contribution in [0.2, 0.25) is 0 Å². The molecule has 0 fully saturated rings. The van der Waals surface area contributed by atoms with Crippen molar-refractivity contribution >= 4 is 33.5 Å². The van der Waals surface area contributed by atoms with Crippen molar-refractivity contribution in [1.82, 2.24) is 0 Å². The molecule has 0 saturated carbocycles. The molecule has 17 heavy (non-hydrogen) atoms. The highest BCUT2D eigenvalue weighted by molar-refractivity contribution is 9.10. The van der Waals surface area contributed by atoms with E-state index in [9.17, 15) is 14.7 Å². The van der Waals surface area contributed by atoms with E-state index in [1.807, 2.05) is 0 Å². The highest BCUT2D eigenvalue weighted by Gasteiger charge is 2.23. The second-order valence-corrected chi connectivity index (χ2v) is 4.21. The Hall–Kier alpha value is -1.60. The van der Waals surface area contributed by atoms with Crippen LogP contribution in [0, 0.1) is 0 Å². The molecule has 6 nitrogen and oxygen atoms in total. The van der Waals surface area contributed by atoms with Gasteiger partial charge in [0.25, 0.3) is 0 Å². The molecule has 5 N–H and O–H groups in total. The van der Waals surface area contributed by atoms with Crippen LogP contribution in [-0.4, -0.2) is 22.1 Å². The van der Waals surface area contributed by atoms with Crippen molar-refractivity contribution in [2.75, 3.05) is 5.32 Å². The summed E-state index contributed by atoms with van der Waals surface area (Å²) in [7, 11) is 0. The lowest BCUT2D eigenvalue weighted by molar-refractivity contribution is -0.138. The maximum Gasteiger partial charge on any atom is 0.325 e. The summed E-state index contributed by atoms with van der Waals surface area (Å²) >= 11 is 3.13. The van der Waals surface area contributed by atoms with E-state index in [0.29, 0.717) is 4.47 Å². The van der Waals surface area contributed by atoms with Crippen LogP contribution >= 0.6 is 15.9 Å². The van der Waals surface area contributed by atoms with Gasteiger partial charge in [-0.05, 0) is 12.1 Å². The van der Waals surface area contributed by atoms with Gasteiger partial charge in [0.2, 0.25) is 5.91 Å². The number of nitrogens with two attached hydrogens (primary N) is 1. The van der Waals surface area contributed by atoms with Gasteiger partial charge in [0.05, 0.1) is 5.69 Å². The minimum Gasteiger partial charge on any atom is -0.506 e. The number of hydrogen-bond acceptors (Lipinski definition) is 4. The van der Waals surface area contributed by atoms with E-state index >= 15 is 0 Å². The van der Waals surface area contributed by atoms with E-state index in [1.54, 1.807) is 0 Å². The third kappa shape index (κ3) is 2.95. The van der Waals surface area contributed by atoms with Crippen molar-refractivity contribution in [3.8, 4) is 5.75 Å². The van der Waals surface area contributed by atoms with Crippen LogP contribution in [0.3, 0.4) is 0 Å².